The molecule has 1 aliphatic rings. The molecule has 1 amide bonds. The molecule has 0 aliphatic heterocycles. The van der Waals surface area contributed by atoms with Gasteiger partial charge in [0, 0.05) is 12.0 Å². The van der Waals surface area contributed by atoms with E-state index in [0.29, 0.717) is 21.8 Å². The van der Waals surface area contributed by atoms with Gasteiger partial charge >= 0.3 is 0 Å². The van der Waals surface area contributed by atoms with Crippen LogP contribution in [0.1, 0.15) is 29.0 Å². The fourth-order valence-electron chi connectivity index (χ4n) is 3.89. The lowest BCUT2D eigenvalue weighted by atomic mass is 9.75. The van der Waals surface area contributed by atoms with E-state index < -0.39 is 5.91 Å². The number of carbonyl (C=O) groups excluding carboxylic acids is 1. The predicted molar refractivity (Wildman–Crippen MR) is 110 cm³/mol. The minimum atomic E-state index is -0.480. The van der Waals surface area contributed by atoms with Crippen molar-refractivity contribution in [2.24, 2.45) is 5.73 Å². The Hall–Kier alpha value is -1.75. The quantitative estimate of drug-likeness (QED) is 0.786. The van der Waals surface area contributed by atoms with Crippen molar-refractivity contribution >= 4 is 29.1 Å². The van der Waals surface area contributed by atoms with Crippen molar-refractivity contribution in [3.05, 3.63) is 63.1 Å². The molecule has 2 atom stereocenters. The normalized spacial score (nSPS) is 19.0. The number of hydrogen-bond donors (Lipinski definition) is 1. The van der Waals surface area contributed by atoms with Gasteiger partial charge < -0.3 is 15.4 Å². The standard InChI is InChI=1S/C21H24Cl2N2O2/c1-25(2)20-8-5-14-4-6-15(27-12-21(24)26)11-16(14)17(20)9-13-3-7-18(22)19(23)10-13/h3-4,6-7,10-11,17,20H,5,8-9,12H2,1-2H3,(H2,24,26). The molecule has 1 aliphatic carbocycles. The first kappa shape index (κ1) is 20.0. The van der Waals surface area contributed by atoms with Crippen LogP contribution in [0, 0.1) is 0 Å². The van der Waals surface area contributed by atoms with Crippen molar-refractivity contribution in [1.82, 2.24) is 4.90 Å². The summed E-state index contributed by atoms with van der Waals surface area (Å²) in [5, 5.41) is 1.14. The first-order chi connectivity index (χ1) is 12.8. The number of fused-ring (bicyclic) bond motifs is 1. The summed E-state index contributed by atoms with van der Waals surface area (Å²) in [6.07, 6.45) is 2.96. The van der Waals surface area contributed by atoms with Gasteiger partial charge in [-0.25, -0.2) is 0 Å². The highest BCUT2D eigenvalue weighted by molar-refractivity contribution is 6.42. The Morgan fingerprint density at radius 2 is 1.96 bits per heavy atom. The number of amides is 1. The van der Waals surface area contributed by atoms with Crippen molar-refractivity contribution in [2.45, 2.75) is 31.2 Å². The molecular weight excluding hydrogens is 383 g/mol. The molecule has 3 rings (SSSR count). The van der Waals surface area contributed by atoms with Crippen LogP contribution in [0.5, 0.6) is 5.75 Å². The molecule has 2 aromatic rings. The van der Waals surface area contributed by atoms with Gasteiger partial charge in [0.05, 0.1) is 10.0 Å². The number of carbonyl (C=O) groups is 1. The SMILES string of the molecule is CN(C)C1CCc2ccc(OCC(N)=O)cc2C1Cc1ccc(Cl)c(Cl)c1. The molecule has 27 heavy (non-hydrogen) atoms. The van der Waals surface area contributed by atoms with Crippen LogP contribution < -0.4 is 10.5 Å². The molecule has 0 bridgehead atoms. The van der Waals surface area contributed by atoms with E-state index in [1.165, 1.54) is 11.1 Å². The van der Waals surface area contributed by atoms with Gasteiger partial charge in [0.2, 0.25) is 0 Å². The maximum Gasteiger partial charge on any atom is 0.255 e. The topological polar surface area (TPSA) is 55.6 Å². The van der Waals surface area contributed by atoms with E-state index in [-0.39, 0.29) is 12.5 Å². The minimum Gasteiger partial charge on any atom is -0.484 e. The van der Waals surface area contributed by atoms with Gasteiger partial charge in [-0.05, 0) is 74.3 Å². The number of nitrogens with two attached hydrogens (primary N) is 1. The molecular formula is C21H24Cl2N2O2. The molecule has 2 N–H and O–H groups in total. The predicted octanol–water partition coefficient (Wildman–Crippen LogP) is 4.06. The van der Waals surface area contributed by atoms with Gasteiger partial charge in [0.15, 0.2) is 6.61 Å². The molecule has 6 heteroatoms. The molecule has 4 nitrogen and oxygen atoms in total. The summed E-state index contributed by atoms with van der Waals surface area (Å²) >= 11 is 12.3. The smallest absolute Gasteiger partial charge is 0.255 e. The summed E-state index contributed by atoms with van der Waals surface area (Å²) < 4.78 is 5.54. The fourth-order valence-corrected chi connectivity index (χ4v) is 4.21. The van der Waals surface area contributed by atoms with Crippen LogP contribution in [-0.2, 0) is 17.6 Å². The highest BCUT2D eigenvalue weighted by Crippen LogP contribution is 2.39. The third kappa shape index (κ3) is 4.75. The first-order valence-electron chi connectivity index (χ1n) is 8.99. The fraction of sp³-hybridized carbons (Fsp3) is 0.381. The lowest BCUT2D eigenvalue weighted by molar-refractivity contribution is -0.119. The number of halogens is 2. The zero-order valence-corrected chi connectivity index (χ0v) is 17.1. The van der Waals surface area contributed by atoms with E-state index in [9.17, 15) is 4.79 Å². The highest BCUT2D eigenvalue weighted by atomic mass is 35.5. The van der Waals surface area contributed by atoms with E-state index >= 15 is 0 Å². The average Bonchev–Trinajstić information content (AvgIpc) is 2.63. The number of likely N-dealkylation sites (N-methyl/N-ethyl adjacent to an activating group) is 1. The number of hydrogen-bond acceptors (Lipinski definition) is 3. The van der Waals surface area contributed by atoms with E-state index in [2.05, 4.69) is 31.1 Å². The monoisotopic (exact) mass is 406 g/mol. The van der Waals surface area contributed by atoms with Crippen LogP contribution >= 0.6 is 23.2 Å². The van der Waals surface area contributed by atoms with Crippen LogP contribution in [0.3, 0.4) is 0 Å². The lowest BCUT2D eigenvalue weighted by Gasteiger charge is -2.38. The number of aryl methyl sites for hydroxylation is 1. The highest BCUT2D eigenvalue weighted by Gasteiger charge is 2.31. The number of benzene rings is 2. The van der Waals surface area contributed by atoms with Gasteiger partial charge in [-0.3, -0.25) is 4.79 Å². The molecule has 0 heterocycles. The van der Waals surface area contributed by atoms with E-state index in [0.717, 1.165) is 24.8 Å². The largest absolute Gasteiger partial charge is 0.484 e. The molecule has 0 aromatic heterocycles. The minimum absolute atomic E-state index is 0.118. The zero-order valence-electron chi connectivity index (χ0n) is 15.5. The van der Waals surface area contributed by atoms with Crippen molar-refractivity contribution in [1.29, 1.82) is 0 Å². The Morgan fingerprint density at radius 3 is 2.63 bits per heavy atom. The molecule has 0 spiro atoms. The van der Waals surface area contributed by atoms with Gasteiger partial charge in [0.25, 0.3) is 5.91 Å². The third-order valence-electron chi connectivity index (χ3n) is 5.17. The van der Waals surface area contributed by atoms with Gasteiger partial charge in [-0.15, -0.1) is 0 Å². The Balaban J connectivity index is 1.94. The van der Waals surface area contributed by atoms with E-state index in [4.69, 9.17) is 33.7 Å². The summed E-state index contributed by atoms with van der Waals surface area (Å²) in [6, 6.07) is 12.3. The molecule has 0 saturated carbocycles. The molecule has 2 unspecified atom stereocenters. The Kier molecular flexibility index (Phi) is 6.30. The van der Waals surface area contributed by atoms with Crippen LogP contribution in [0.4, 0.5) is 0 Å². The zero-order chi connectivity index (χ0) is 19.6. The molecule has 144 valence electrons. The van der Waals surface area contributed by atoms with Gasteiger partial charge in [0.1, 0.15) is 5.75 Å². The van der Waals surface area contributed by atoms with E-state index in [1.807, 2.05) is 24.3 Å². The van der Waals surface area contributed by atoms with Crippen LogP contribution in [-0.4, -0.2) is 37.6 Å². The second-order valence-electron chi connectivity index (χ2n) is 7.24. The second kappa shape index (κ2) is 8.51. The van der Waals surface area contributed by atoms with Crippen molar-refractivity contribution < 1.29 is 9.53 Å². The number of rotatable bonds is 6. The van der Waals surface area contributed by atoms with Crippen molar-refractivity contribution in [2.75, 3.05) is 20.7 Å². The van der Waals surface area contributed by atoms with Crippen LogP contribution in [0.15, 0.2) is 36.4 Å². The number of primary amides is 1. The molecule has 0 radical (unpaired) electrons. The van der Waals surface area contributed by atoms with E-state index in [1.54, 1.807) is 0 Å². The van der Waals surface area contributed by atoms with Crippen LogP contribution in [0.25, 0.3) is 0 Å². The summed E-state index contributed by atoms with van der Waals surface area (Å²) in [5.74, 6) is 0.482. The summed E-state index contributed by atoms with van der Waals surface area (Å²) in [4.78, 5) is 13.3. The number of nitrogens with zero attached hydrogens (tertiary/aromatic N) is 1. The van der Waals surface area contributed by atoms with Crippen LogP contribution in [0.2, 0.25) is 10.0 Å². The average molecular weight is 407 g/mol. The maximum absolute atomic E-state index is 11.0. The van der Waals surface area contributed by atoms with Gasteiger partial charge in [-0.1, -0.05) is 35.3 Å². The maximum atomic E-state index is 11.0. The first-order valence-corrected chi connectivity index (χ1v) is 9.75. The van der Waals surface area contributed by atoms with Crippen molar-refractivity contribution in [3.8, 4) is 5.75 Å². The second-order valence-corrected chi connectivity index (χ2v) is 8.06. The van der Waals surface area contributed by atoms with Crippen molar-refractivity contribution in [3.63, 3.8) is 0 Å². The molecule has 2 aromatic carbocycles. The molecule has 0 saturated heterocycles. The third-order valence-corrected chi connectivity index (χ3v) is 5.91. The summed E-state index contributed by atoms with van der Waals surface area (Å²) in [7, 11) is 4.23. The molecule has 0 fully saturated rings. The Morgan fingerprint density at radius 1 is 1.19 bits per heavy atom. The lowest BCUT2D eigenvalue weighted by Crippen LogP contribution is -2.38. The Labute approximate surface area is 170 Å². The Bertz CT molecular complexity index is 839. The van der Waals surface area contributed by atoms with Gasteiger partial charge in [-0.2, -0.15) is 0 Å². The summed E-state index contributed by atoms with van der Waals surface area (Å²) in [6.45, 7) is -0.118. The summed E-state index contributed by atoms with van der Waals surface area (Å²) in [5.41, 5.74) is 8.93. The number of ether oxygens (including phenoxy) is 1.